The topological polar surface area (TPSA) is 103 Å². The lowest BCUT2D eigenvalue weighted by atomic mass is 10.2. The van der Waals surface area contributed by atoms with E-state index < -0.39 is 10.0 Å². The van der Waals surface area contributed by atoms with Crippen LogP contribution < -0.4 is 14.8 Å². The SMILES string of the molecule is COCCOCCCNC(=O)c1cccc(S(=O)(=O)Nc2cc(Cl)ccc2OC)c1. The number of ether oxygens (including phenoxy) is 3. The summed E-state index contributed by atoms with van der Waals surface area (Å²) in [6.45, 7) is 1.90. The van der Waals surface area contributed by atoms with Gasteiger partial charge in [-0.15, -0.1) is 0 Å². The van der Waals surface area contributed by atoms with E-state index in [-0.39, 0.29) is 22.1 Å². The summed E-state index contributed by atoms with van der Waals surface area (Å²) < 4.78 is 43.4. The number of benzene rings is 2. The molecule has 0 heterocycles. The number of rotatable bonds is 12. The van der Waals surface area contributed by atoms with Gasteiger partial charge in [-0.2, -0.15) is 0 Å². The molecule has 2 aromatic rings. The smallest absolute Gasteiger partial charge is 0.262 e. The zero-order valence-corrected chi connectivity index (χ0v) is 18.4. The quantitative estimate of drug-likeness (QED) is 0.476. The van der Waals surface area contributed by atoms with Crippen molar-refractivity contribution in [2.45, 2.75) is 11.3 Å². The third-order valence-corrected chi connectivity index (χ3v) is 5.59. The lowest BCUT2D eigenvalue weighted by Crippen LogP contribution is -2.25. The van der Waals surface area contributed by atoms with Crippen molar-refractivity contribution < 1.29 is 27.4 Å². The highest BCUT2D eigenvalue weighted by Gasteiger charge is 2.18. The average Bonchev–Trinajstić information content (AvgIpc) is 2.73. The Morgan fingerprint density at radius 2 is 1.87 bits per heavy atom. The molecule has 0 aliphatic rings. The summed E-state index contributed by atoms with van der Waals surface area (Å²) in [4.78, 5) is 12.3. The second-order valence-corrected chi connectivity index (χ2v) is 8.31. The Hall–Kier alpha value is -2.33. The third kappa shape index (κ3) is 7.17. The van der Waals surface area contributed by atoms with Crippen LogP contribution in [0.15, 0.2) is 47.4 Å². The highest BCUT2D eigenvalue weighted by atomic mass is 35.5. The molecule has 0 atom stereocenters. The number of amides is 1. The first-order valence-electron chi connectivity index (χ1n) is 9.18. The molecule has 0 saturated carbocycles. The van der Waals surface area contributed by atoms with Crippen molar-refractivity contribution in [1.29, 1.82) is 0 Å². The van der Waals surface area contributed by atoms with Crippen LogP contribution >= 0.6 is 11.6 Å². The molecule has 10 heteroatoms. The first-order chi connectivity index (χ1) is 14.4. The van der Waals surface area contributed by atoms with Gasteiger partial charge in [0, 0.05) is 30.8 Å². The Labute approximate surface area is 181 Å². The number of hydrogen-bond donors (Lipinski definition) is 2. The molecule has 0 fully saturated rings. The van der Waals surface area contributed by atoms with Gasteiger partial charge in [-0.05, 0) is 42.8 Å². The van der Waals surface area contributed by atoms with E-state index in [0.717, 1.165) is 0 Å². The van der Waals surface area contributed by atoms with Crippen molar-refractivity contribution in [1.82, 2.24) is 5.32 Å². The molecule has 0 aliphatic carbocycles. The van der Waals surface area contributed by atoms with Gasteiger partial charge in [0.15, 0.2) is 0 Å². The van der Waals surface area contributed by atoms with Gasteiger partial charge in [-0.1, -0.05) is 17.7 Å². The predicted molar refractivity (Wildman–Crippen MR) is 115 cm³/mol. The van der Waals surface area contributed by atoms with E-state index in [2.05, 4.69) is 10.0 Å². The molecule has 8 nitrogen and oxygen atoms in total. The van der Waals surface area contributed by atoms with Crippen molar-refractivity contribution in [2.75, 3.05) is 45.3 Å². The minimum Gasteiger partial charge on any atom is -0.495 e. The summed E-state index contributed by atoms with van der Waals surface area (Å²) in [6, 6.07) is 10.4. The normalized spacial score (nSPS) is 11.2. The van der Waals surface area contributed by atoms with Gasteiger partial charge in [0.2, 0.25) is 0 Å². The number of methoxy groups -OCH3 is 2. The fourth-order valence-electron chi connectivity index (χ4n) is 2.49. The van der Waals surface area contributed by atoms with Crippen molar-refractivity contribution in [3.05, 3.63) is 53.1 Å². The molecule has 30 heavy (non-hydrogen) atoms. The van der Waals surface area contributed by atoms with Crippen molar-refractivity contribution in [3.8, 4) is 5.75 Å². The van der Waals surface area contributed by atoms with Gasteiger partial charge in [0.1, 0.15) is 5.75 Å². The Balaban J connectivity index is 2.01. The second kappa shape index (κ2) is 11.8. The molecule has 0 bridgehead atoms. The standard InChI is InChI=1S/C20H25ClN2O6S/c1-27-11-12-29-10-4-9-22-20(24)15-5-3-6-17(13-15)30(25,26)23-18-14-16(21)7-8-19(18)28-2/h3,5-8,13-14,23H,4,9-12H2,1-2H3,(H,22,24). The zero-order valence-electron chi connectivity index (χ0n) is 16.8. The summed E-state index contributed by atoms with van der Waals surface area (Å²) in [5.41, 5.74) is 0.435. The number of carbonyl (C=O) groups is 1. The lowest BCUT2D eigenvalue weighted by molar-refractivity contribution is 0.0688. The van der Waals surface area contributed by atoms with Crippen LogP contribution in [0.25, 0.3) is 0 Å². The maximum Gasteiger partial charge on any atom is 0.262 e. The Morgan fingerprint density at radius 3 is 2.60 bits per heavy atom. The van der Waals surface area contributed by atoms with Crippen molar-refractivity contribution in [2.24, 2.45) is 0 Å². The van der Waals surface area contributed by atoms with Gasteiger partial charge in [-0.25, -0.2) is 8.42 Å². The van der Waals surface area contributed by atoms with Crippen LogP contribution in [0.4, 0.5) is 5.69 Å². The van der Waals surface area contributed by atoms with Crippen LogP contribution in [-0.2, 0) is 19.5 Å². The monoisotopic (exact) mass is 456 g/mol. The summed E-state index contributed by atoms with van der Waals surface area (Å²) >= 11 is 5.95. The molecule has 0 aliphatic heterocycles. The zero-order chi connectivity index (χ0) is 22.0. The molecule has 2 aromatic carbocycles. The molecule has 2 rings (SSSR count). The van der Waals surface area contributed by atoms with E-state index in [4.69, 9.17) is 25.8 Å². The number of carbonyl (C=O) groups excluding carboxylic acids is 1. The first kappa shape index (κ1) is 23.9. The van der Waals surface area contributed by atoms with Crippen LogP contribution in [0.3, 0.4) is 0 Å². The minimum atomic E-state index is -3.96. The fraction of sp³-hybridized carbons (Fsp3) is 0.350. The number of hydrogen-bond acceptors (Lipinski definition) is 6. The molecule has 0 aromatic heterocycles. The Kier molecular flexibility index (Phi) is 9.38. The third-order valence-electron chi connectivity index (χ3n) is 4.00. The van der Waals surface area contributed by atoms with Crippen LogP contribution in [-0.4, -0.2) is 54.9 Å². The van der Waals surface area contributed by atoms with E-state index in [1.807, 2.05) is 0 Å². The molecule has 1 amide bonds. The summed E-state index contributed by atoms with van der Waals surface area (Å²) in [5.74, 6) is -0.0473. The maximum absolute atomic E-state index is 12.8. The molecular weight excluding hydrogens is 432 g/mol. The molecule has 0 unspecified atom stereocenters. The van der Waals surface area contributed by atoms with Crippen LogP contribution in [0.5, 0.6) is 5.75 Å². The fourth-order valence-corrected chi connectivity index (χ4v) is 3.77. The molecule has 2 N–H and O–H groups in total. The van der Waals surface area contributed by atoms with E-state index in [0.29, 0.717) is 43.6 Å². The average molecular weight is 457 g/mol. The van der Waals surface area contributed by atoms with Gasteiger partial charge in [-0.3, -0.25) is 9.52 Å². The second-order valence-electron chi connectivity index (χ2n) is 6.19. The maximum atomic E-state index is 12.8. The lowest BCUT2D eigenvalue weighted by Gasteiger charge is -2.13. The highest BCUT2D eigenvalue weighted by molar-refractivity contribution is 7.92. The Bertz CT molecular complexity index is 952. The minimum absolute atomic E-state index is 0.0555. The number of halogens is 1. The highest BCUT2D eigenvalue weighted by Crippen LogP contribution is 2.29. The molecule has 0 spiro atoms. The summed E-state index contributed by atoms with van der Waals surface area (Å²) in [7, 11) is -0.936. The van der Waals surface area contributed by atoms with Crippen LogP contribution in [0.2, 0.25) is 5.02 Å². The van der Waals surface area contributed by atoms with E-state index in [9.17, 15) is 13.2 Å². The predicted octanol–water partition coefficient (Wildman–Crippen LogP) is 2.93. The Morgan fingerprint density at radius 1 is 1.07 bits per heavy atom. The number of nitrogens with one attached hydrogen (secondary N) is 2. The largest absolute Gasteiger partial charge is 0.495 e. The van der Waals surface area contributed by atoms with Crippen molar-refractivity contribution >= 4 is 33.2 Å². The summed E-state index contributed by atoms with van der Waals surface area (Å²) in [5, 5.41) is 3.10. The number of anilines is 1. The summed E-state index contributed by atoms with van der Waals surface area (Å²) in [6.07, 6.45) is 0.629. The van der Waals surface area contributed by atoms with E-state index in [1.165, 1.54) is 31.4 Å². The van der Waals surface area contributed by atoms with Gasteiger partial charge >= 0.3 is 0 Å². The van der Waals surface area contributed by atoms with E-state index in [1.54, 1.807) is 25.3 Å². The van der Waals surface area contributed by atoms with Gasteiger partial charge < -0.3 is 19.5 Å². The van der Waals surface area contributed by atoms with Crippen LogP contribution in [0, 0.1) is 0 Å². The molecular formula is C20H25ClN2O6S. The van der Waals surface area contributed by atoms with E-state index >= 15 is 0 Å². The number of sulfonamides is 1. The molecule has 164 valence electrons. The van der Waals surface area contributed by atoms with Gasteiger partial charge in [0.25, 0.3) is 15.9 Å². The molecule has 0 radical (unpaired) electrons. The van der Waals surface area contributed by atoms with Crippen molar-refractivity contribution in [3.63, 3.8) is 0 Å². The molecule has 0 saturated heterocycles. The van der Waals surface area contributed by atoms with Crippen LogP contribution in [0.1, 0.15) is 16.8 Å². The van der Waals surface area contributed by atoms with Gasteiger partial charge in [0.05, 0.1) is 30.9 Å². The first-order valence-corrected chi connectivity index (χ1v) is 11.0.